The number of aromatic nitrogens is 2. The van der Waals surface area contributed by atoms with Crippen LogP contribution in [0.25, 0.3) is 6.08 Å². The first kappa shape index (κ1) is 20.7. The fourth-order valence-corrected chi connectivity index (χ4v) is 3.24. The van der Waals surface area contributed by atoms with Crippen molar-refractivity contribution >= 4 is 23.6 Å². The minimum Gasteiger partial charge on any atom is -0.497 e. The molecule has 0 bridgehead atoms. The van der Waals surface area contributed by atoms with E-state index in [1.807, 2.05) is 73.1 Å². The summed E-state index contributed by atoms with van der Waals surface area (Å²) in [6.07, 6.45) is 3.35. The van der Waals surface area contributed by atoms with Gasteiger partial charge in [-0.2, -0.15) is 5.10 Å². The van der Waals surface area contributed by atoms with Gasteiger partial charge < -0.3 is 10.1 Å². The topological polar surface area (TPSA) is 56.1 Å². The Morgan fingerprint density at radius 1 is 1.17 bits per heavy atom. The van der Waals surface area contributed by atoms with E-state index < -0.39 is 0 Å². The summed E-state index contributed by atoms with van der Waals surface area (Å²) in [5.74, 6) is 0.637. The number of hydrogen-bond donors (Lipinski definition) is 1. The van der Waals surface area contributed by atoms with Crippen LogP contribution in [0.5, 0.6) is 5.75 Å². The molecule has 6 heteroatoms. The SMILES string of the molecule is COc1ccc(CNC(=O)/C=C/c2c(C)nn(Cc3ccccc3Cl)c2C)cc1. The van der Waals surface area contributed by atoms with Crippen LogP contribution in [0.15, 0.2) is 54.6 Å². The van der Waals surface area contributed by atoms with Gasteiger partial charge in [0.15, 0.2) is 0 Å². The summed E-state index contributed by atoms with van der Waals surface area (Å²) in [5.41, 5.74) is 4.81. The monoisotopic (exact) mass is 409 g/mol. The molecule has 1 aromatic heterocycles. The van der Waals surface area contributed by atoms with Crippen molar-refractivity contribution < 1.29 is 9.53 Å². The Morgan fingerprint density at radius 2 is 1.90 bits per heavy atom. The Balaban J connectivity index is 1.64. The number of nitrogens with one attached hydrogen (secondary N) is 1. The maximum atomic E-state index is 12.2. The van der Waals surface area contributed by atoms with Gasteiger partial charge in [0.1, 0.15) is 5.75 Å². The maximum absolute atomic E-state index is 12.2. The molecule has 0 aliphatic carbocycles. The van der Waals surface area contributed by atoms with Crippen molar-refractivity contribution in [1.29, 1.82) is 0 Å². The van der Waals surface area contributed by atoms with Gasteiger partial charge in [0.05, 0.1) is 19.3 Å². The fourth-order valence-electron chi connectivity index (χ4n) is 3.04. The van der Waals surface area contributed by atoms with E-state index in [1.54, 1.807) is 13.2 Å². The first-order chi connectivity index (χ1) is 14.0. The standard InChI is InChI=1S/C23H24ClN3O2/c1-16-21(17(2)27(26-16)15-19-6-4-5-7-22(19)24)12-13-23(28)25-14-18-8-10-20(29-3)11-9-18/h4-13H,14-15H2,1-3H3,(H,25,28)/b13-12+. The summed E-state index contributed by atoms with van der Waals surface area (Å²) in [6.45, 7) is 4.97. The molecule has 5 nitrogen and oxygen atoms in total. The van der Waals surface area contributed by atoms with E-state index >= 15 is 0 Å². The second-order valence-corrected chi connectivity index (χ2v) is 7.14. The number of benzene rings is 2. The number of aryl methyl sites for hydroxylation is 1. The second-order valence-electron chi connectivity index (χ2n) is 6.73. The smallest absolute Gasteiger partial charge is 0.244 e. The molecule has 3 aromatic rings. The van der Waals surface area contributed by atoms with E-state index in [4.69, 9.17) is 16.3 Å². The highest BCUT2D eigenvalue weighted by Crippen LogP contribution is 2.20. The molecule has 2 aromatic carbocycles. The van der Waals surface area contributed by atoms with Crippen LogP contribution < -0.4 is 10.1 Å². The zero-order chi connectivity index (χ0) is 20.8. The van der Waals surface area contributed by atoms with Crippen LogP contribution in [0.3, 0.4) is 0 Å². The van der Waals surface area contributed by atoms with Crippen LogP contribution in [-0.4, -0.2) is 22.8 Å². The Labute approximate surface area is 176 Å². The zero-order valence-electron chi connectivity index (χ0n) is 16.8. The van der Waals surface area contributed by atoms with Gasteiger partial charge in [0.25, 0.3) is 0 Å². The second kappa shape index (κ2) is 9.43. The lowest BCUT2D eigenvalue weighted by molar-refractivity contribution is -0.116. The van der Waals surface area contributed by atoms with Gasteiger partial charge in [-0.25, -0.2) is 0 Å². The maximum Gasteiger partial charge on any atom is 0.244 e. The number of amides is 1. The van der Waals surface area contributed by atoms with Gasteiger partial charge in [-0.15, -0.1) is 0 Å². The lowest BCUT2D eigenvalue weighted by atomic mass is 10.1. The van der Waals surface area contributed by atoms with E-state index in [1.165, 1.54) is 0 Å². The van der Waals surface area contributed by atoms with E-state index in [0.717, 1.165) is 38.9 Å². The van der Waals surface area contributed by atoms with E-state index in [0.29, 0.717) is 13.1 Å². The summed E-state index contributed by atoms with van der Waals surface area (Å²) >= 11 is 6.26. The molecule has 150 valence electrons. The summed E-state index contributed by atoms with van der Waals surface area (Å²) in [7, 11) is 1.63. The molecule has 0 spiro atoms. The molecule has 3 rings (SSSR count). The first-order valence-electron chi connectivity index (χ1n) is 9.34. The molecule has 1 amide bonds. The van der Waals surface area contributed by atoms with Crippen LogP contribution in [-0.2, 0) is 17.9 Å². The average molecular weight is 410 g/mol. The largest absolute Gasteiger partial charge is 0.497 e. The average Bonchev–Trinajstić information content (AvgIpc) is 2.99. The summed E-state index contributed by atoms with van der Waals surface area (Å²) in [6, 6.07) is 15.3. The van der Waals surface area contributed by atoms with Gasteiger partial charge in [0.2, 0.25) is 5.91 Å². The number of carbonyl (C=O) groups is 1. The summed E-state index contributed by atoms with van der Waals surface area (Å²) in [4.78, 5) is 12.2. The van der Waals surface area contributed by atoms with Crippen molar-refractivity contribution in [3.8, 4) is 5.75 Å². The fraction of sp³-hybridized carbons (Fsp3) is 0.217. The van der Waals surface area contributed by atoms with Crippen molar-refractivity contribution in [3.63, 3.8) is 0 Å². The van der Waals surface area contributed by atoms with Crippen LogP contribution in [0.4, 0.5) is 0 Å². The number of hydrogen-bond acceptors (Lipinski definition) is 3. The molecule has 0 aliphatic heterocycles. The molecular formula is C23H24ClN3O2. The van der Waals surface area contributed by atoms with Crippen molar-refractivity contribution in [1.82, 2.24) is 15.1 Å². The Bertz CT molecular complexity index is 1020. The minimum absolute atomic E-state index is 0.154. The molecule has 0 fully saturated rings. The molecule has 0 saturated carbocycles. The third kappa shape index (κ3) is 5.27. The number of ether oxygens (including phenoxy) is 1. The Kier molecular flexibility index (Phi) is 6.73. The molecule has 0 aliphatic rings. The molecule has 0 atom stereocenters. The van der Waals surface area contributed by atoms with E-state index in [2.05, 4.69) is 10.4 Å². The van der Waals surface area contributed by atoms with Crippen LogP contribution in [0.2, 0.25) is 5.02 Å². The molecule has 1 heterocycles. The van der Waals surface area contributed by atoms with E-state index in [-0.39, 0.29) is 5.91 Å². The van der Waals surface area contributed by atoms with Gasteiger partial charge in [-0.3, -0.25) is 9.48 Å². The number of carbonyl (C=O) groups excluding carboxylic acids is 1. The summed E-state index contributed by atoms with van der Waals surface area (Å²) < 4.78 is 7.05. The molecule has 29 heavy (non-hydrogen) atoms. The minimum atomic E-state index is -0.154. The van der Waals surface area contributed by atoms with Crippen molar-refractivity contribution in [2.75, 3.05) is 7.11 Å². The van der Waals surface area contributed by atoms with Crippen molar-refractivity contribution in [3.05, 3.63) is 87.7 Å². The van der Waals surface area contributed by atoms with Crippen molar-refractivity contribution in [2.24, 2.45) is 0 Å². The highest BCUT2D eigenvalue weighted by atomic mass is 35.5. The number of rotatable bonds is 7. The van der Waals surface area contributed by atoms with Crippen LogP contribution >= 0.6 is 11.6 Å². The predicted molar refractivity (Wildman–Crippen MR) is 116 cm³/mol. The zero-order valence-corrected chi connectivity index (χ0v) is 17.5. The van der Waals surface area contributed by atoms with Gasteiger partial charge in [0, 0.05) is 28.9 Å². The quantitative estimate of drug-likeness (QED) is 0.583. The number of methoxy groups -OCH3 is 1. The first-order valence-corrected chi connectivity index (χ1v) is 9.72. The van der Waals surface area contributed by atoms with Gasteiger partial charge in [-0.1, -0.05) is 41.9 Å². The van der Waals surface area contributed by atoms with Crippen LogP contribution in [0.1, 0.15) is 28.1 Å². The Morgan fingerprint density at radius 3 is 2.59 bits per heavy atom. The molecule has 1 N–H and O–H groups in total. The number of nitrogens with zero attached hydrogens (tertiary/aromatic N) is 2. The van der Waals surface area contributed by atoms with E-state index in [9.17, 15) is 4.79 Å². The lowest BCUT2D eigenvalue weighted by Gasteiger charge is -2.06. The molecular weight excluding hydrogens is 386 g/mol. The summed E-state index contributed by atoms with van der Waals surface area (Å²) in [5, 5.41) is 8.20. The highest BCUT2D eigenvalue weighted by Gasteiger charge is 2.11. The molecule has 0 radical (unpaired) electrons. The third-order valence-electron chi connectivity index (χ3n) is 4.74. The van der Waals surface area contributed by atoms with Gasteiger partial charge >= 0.3 is 0 Å². The number of halogens is 1. The molecule has 0 unspecified atom stereocenters. The Hall–Kier alpha value is -3.05. The normalized spacial score (nSPS) is 11.0. The predicted octanol–water partition coefficient (Wildman–Crippen LogP) is 4.54. The lowest BCUT2D eigenvalue weighted by Crippen LogP contribution is -2.20. The molecule has 0 saturated heterocycles. The van der Waals surface area contributed by atoms with Gasteiger partial charge in [-0.05, 0) is 49.2 Å². The highest BCUT2D eigenvalue weighted by molar-refractivity contribution is 6.31. The third-order valence-corrected chi connectivity index (χ3v) is 5.11. The van der Waals surface area contributed by atoms with Crippen LogP contribution in [0, 0.1) is 13.8 Å². The van der Waals surface area contributed by atoms with Crippen molar-refractivity contribution in [2.45, 2.75) is 26.9 Å².